The lowest BCUT2D eigenvalue weighted by molar-refractivity contribution is -0.115. The summed E-state index contributed by atoms with van der Waals surface area (Å²) in [4.78, 5) is 34.9. The van der Waals surface area contributed by atoms with Gasteiger partial charge in [0.25, 0.3) is 0 Å². The minimum Gasteiger partial charge on any atom is -0.335 e. The Bertz CT molecular complexity index is 580. The molecule has 0 bridgehead atoms. The summed E-state index contributed by atoms with van der Waals surface area (Å²) in [5.74, 6) is -0.393. The van der Waals surface area contributed by atoms with Crippen molar-refractivity contribution in [1.29, 1.82) is 0 Å². The van der Waals surface area contributed by atoms with Gasteiger partial charge in [0.2, 0.25) is 5.91 Å². The molecule has 1 aromatic rings. The number of carbonyl (C=O) groups is 3. The fourth-order valence-corrected chi connectivity index (χ4v) is 2.67. The first-order valence-electron chi connectivity index (χ1n) is 8.00. The van der Waals surface area contributed by atoms with Gasteiger partial charge in [-0.05, 0) is 31.9 Å². The highest BCUT2D eigenvalue weighted by atomic mass is 16.2. The number of amides is 3. The van der Waals surface area contributed by atoms with Crippen LogP contribution < -0.4 is 16.0 Å². The Morgan fingerprint density at radius 3 is 2.57 bits per heavy atom. The second-order valence-corrected chi connectivity index (χ2v) is 5.85. The van der Waals surface area contributed by atoms with E-state index in [1.54, 1.807) is 24.3 Å². The van der Waals surface area contributed by atoms with E-state index in [0.717, 1.165) is 25.7 Å². The van der Waals surface area contributed by atoms with E-state index in [2.05, 4.69) is 16.0 Å². The number of carbonyl (C=O) groups excluding carboxylic acids is 3. The summed E-state index contributed by atoms with van der Waals surface area (Å²) in [6, 6.07) is 6.60. The average Bonchev–Trinajstić information content (AvgIpc) is 2.54. The SMILES string of the molecule is CC(=O)c1cccc(NC(=O)CNC(=O)NC2CCCCC2)c1. The molecular weight excluding hydrogens is 294 g/mol. The van der Waals surface area contributed by atoms with Gasteiger partial charge in [-0.3, -0.25) is 9.59 Å². The van der Waals surface area contributed by atoms with E-state index < -0.39 is 0 Å². The summed E-state index contributed by atoms with van der Waals surface area (Å²) >= 11 is 0. The van der Waals surface area contributed by atoms with Gasteiger partial charge in [-0.1, -0.05) is 31.4 Å². The molecule has 23 heavy (non-hydrogen) atoms. The van der Waals surface area contributed by atoms with Crippen molar-refractivity contribution in [3.8, 4) is 0 Å². The van der Waals surface area contributed by atoms with Crippen LogP contribution in [0.25, 0.3) is 0 Å². The van der Waals surface area contributed by atoms with Crippen LogP contribution in [0.1, 0.15) is 49.4 Å². The zero-order valence-corrected chi connectivity index (χ0v) is 13.4. The second kappa shape index (κ2) is 8.31. The Morgan fingerprint density at radius 1 is 1.13 bits per heavy atom. The Balaban J connectivity index is 1.75. The van der Waals surface area contributed by atoms with Crippen LogP contribution in [0.2, 0.25) is 0 Å². The van der Waals surface area contributed by atoms with Crippen molar-refractivity contribution in [3.63, 3.8) is 0 Å². The number of rotatable bonds is 5. The van der Waals surface area contributed by atoms with Crippen molar-refractivity contribution >= 4 is 23.4 Å². The van der Waals surface area contributed by atoms with Crippen LogP contribution in [-0.4, -0.2) is 30.3 Å². The smallest absolute Gasteiger partial charge is 0.315 e. The molecule has 0 spiro atoms. The number of benzene rings is 1. The van der Waals surface area contributed by atoms with Gasteiger partial charge < -0.3 is 16.0 Å². The minimum atomic E-state index is -0.329. The highest BCUT2D eigenvalue weighted by Gasteiger charge is 2.15. The standard InChI is InChI=1S/C17H23N3O3/c1-12(21)13-6-5-9-15(10-13)19-16(22)11-18-17(23)20-14-7-3-2-4-8-14/h5-6,9-10,14H,2-4,7-8,11H2,1H3,(H,19,22)(H2,18,20,23). The zero-order chi connectivity index (χ0) is 16.7. The van der Waals surface area contributed by atoms with Gasteiger partial charge in [0, 0.05) is 17.3 Å². The van der Waals surface area contributed by atoms with Crippen molar-refractivity contribution in [2.24, 2.45) is 0 Å². The van der Waals surface area contributed by atoms with E-state index in [4.69, 9.17) is 0 Å². The summed E-state index contributed by atoms with van der Waals surface area (Å²) in [5.41, 5.74) is 1.07. The lowest BCUT2D eigenvalue weighted by Crippen LogP contribution is -2.45. The van der Waals surface area contributed by atoms with Crippen LogP contribution in [0, 0.1) is 0 Å². The molecule has 0 saturated heterocycles. The van der Waals surface area contributed by atoms with Gasteiger partial charge in [0.05, 0.1) is 6.54 Å². The van der Waals surface area contributed by atoms with E-state index in [0.29, 0.717) is 11.3 Å². The first-order chi connectivity index (χ1) is 11.0. The van der Waals surface area contributed by atoms with E-state index >= 15 is 0 Å². The predicted octanol–water partition coefficient (Wildman–Crippen LogP) is 2.46. The van der Waals surface area contributed by atoms with Gasteiger partial charge in [0.1, 0.15) is 0 Å². The summed E-state index contributed by atoms with van der Waals surface area (Å²) in [7, 11) is 0. The first kappa shape index (κ1) is 17.0. The van der Waals surface area contributed by atoms with E-state index in [9.17, 15) is 14.4 Å². The van der Waals surface area contributed by atoms with Gasteiger partial charge in [-0.2, -0.15) is 0 Å². The number of Topliss-reactive ketones (excluding diaryl/α,β-unsaturated/α-hetero) is 1. The Hall–Kier alpha value is -2.37. The third kappa shape index (κ3) is 5.73. The molecule has 0 aliphatic heterocycles. The molecule has 0 heterocycles. The average molecular weight is 317 g/mol. The molecule has 6 heteroatoms. The Labute approximate surface area is 136 Å². The lowest BCUT2D eigenvalue weighted by atomic mass is 9.96. The molecule has 0 radical (unpaired) electrons. The molecule has 6 nitrogen and oxygen atoms in total. The summed E-state index contributed by atoms with van der Waals surface area (Å²) in [5, 5.41) is 8.11. The molecule has 0 atom stereocenters. The fraction of sp³-hybridized carbons (Fsp3) is 0.471. The molecule has 3 amide bonds. The third-order valence-electron chi connectivity index (χ3n) is 3.90. The highest BCUT2D eigenvalue weighted by Crippen LogP contribution is 2.17. The van der Waals surface area contributed by atoms with Crippen LogP contribution >= 0.6 is 0 Å². The van der Waals surface area contributed by atoms with Crippen LogP contribution in [0.3, 0.4) is 0 Å². The van der Waals surface area contributed by atoms with Gasteiger partial charge >= 0.3 is 6.03 Å². The monoisotopic (exact) mass is 317 g/mol. The molecule has 1 saturated carbocycles. The van der Waals surface area contributed by atoms with Crippen molar-refractivity contribution in [1.82, 2.24) is 10.6 Å². The number of urea groups is 1. The molecule has 1 aromatic carbocycles. The highest BCUT2D eigenvalue weighted by molar-refractivity contribution is 5.98. The normalized spacial score (nSPS) is 14.8. The summed E-state index contributed by atoms with van der Waals surface area (Å²) in [6.07, 6.45) is 5.49. The number of nitrogens with one attached hydrogen (secondary N) is 3. The van der Waals surface area contributed by atoms with Crippen LogP contribution in [-0.2, 0) is 4.79 Å². The summed E-state index contributed by atoms with van der Waals surface area (Å²) < 4.78 is 0. The molecule has 0 aromatic heterocycles. The van der Waals surface area contributed by atoms with Gasteiger partial charge in [-0.25, -0.2) is 4.79 Å². The van der Waals surface area contributed by atoms with Crippen molar-refractivity contribution in [3.05, 3.63) is 29.8 Å². The summed E-state index contributed by atoms with van der Waals surface area (Å²) in [6.45, 7) is 1.36. The van der Waals surface area contributed by atoms with E-state index in [1.807, 2.05) is 0 Å². The zero-order valence-electron chi connectivity index (χ0n) is 13.4. The van der Waals surface area contributed by atoms with Gasteiger partial charge in [-0.15, -0.1) is 0 Å². The fourth-order valence-electron chi connectivity index (χ4n) is 2.67. The van der Waals surface area contributed by atoms with Crippen LogP contribution in [0.5, 0.6) is 0 Å². The number of hydrogen-bond donors (Lipinski definition) is 3. The third-order valence-corrected chi connectivity index (χ3v) is 3.90. The number of ketones is 1. The molecule has 3 N–H and O–H groups in total. The van der Waals surface area contributed by atoms with Crippen LogP contribution in [0.4, 0.5) is 10.5 Å². The van der Waals surface area contributed by atoms with Gasteiger partial charge in [0.15, 0.2) is 5.78 Å². The van der Waals surface area contributed by atoms with Crippen molar-refractivity contribution < 1.29 is 14.4 Å². The second-order valence-electron chi connectivity index (χ2n) is 5.85. The predicted molar refractivity (Wildman–Crippen MR) is 88.5 cm³/mol. The van der Waals surface area contributed by atoms with Crippen molar-refractivity contribution in [2.45, 2.75) is 45.1 Å². The Kier molecular flexibility index (Phi) is 6.14. The molecule has 124 valence electrons. The topological polar surface area (TPSA) is 87.3 Å². The maximum Gasteiger partial charge on any atom is 0.315 e. The molecule has 0 unspecified atom stereocenters. The number of anilines is 1. The van der Waals surface area contributed by atoms with E-state index in [1.165, 1.54) is 13.3 Å². The molecule has 1 aliphatic carbocycles. The van der Waals surface area contributed by atoms with E-state index in [-0.39, 0.29) is 30.3 Å². The maximum atomic E-state index is 11.9. The number of hydrogen-bond acceptors (Lipinski definition) is 3. The first-order valence-corrected chi connectivity index (χ1v) is 8.00. The molecule has 1 fully saturated rings. The maximum absolute atomic E-state index is 11.9. The minimum absolute atomic E-state index is 0.0638. The quantitative estimate of drug-likeness (QED) is 0.729. The van der Waals surface area contributed by atoms with Crippen LogP contribution in [0.15, 0.2) is 24.3 Å². The largest absolute Gasteiger partial charge is 0.335 e. The Morgan fingerprint density at radius 2 is 1.87 bits per heavy atom. The van der Waals surface area contributed by atoms with Crippen molar-refractivity contribution in [2.75, 3.05) is 11.9 Å². The molecule has 2 rings (SSSR count). The molecule has 1 aliphatic rings. The lowest BCUT2D eigenvalue weighted by Gasteiger charge is -2.22. The molecular formula is C17H23N3O3.